The number of sulfonamides is 1. The first-order chi connectivity index (χ1) is 12.0. The molecule has 130 valence electrons. The van der Waals surface area contributed by atoms with Gasteiger partial charge >= 0.3 is 0 Å². The van der Waals surface area contributed by atoms with Crippen LogP contribution in [0.3, 0.4) is 0 Å². The average Bonchev–Trinajstić information content (AvgIpc) is 2.64. The van der Waals surface area contributed by atoms with Crippen molar-refractivity contribution in [2.24, 2.45) is 0 Å². The van der Waals surface area contributed by atoms with Crippen molar-refractivity contribution < 1.29 is 18.0 Å². The van der Waals surface area contributed by atoms with Crippen LogP contribution >= 0.6 is 0 Å². The van der Waals surface area contributed by atoms with Crippen LogP contribution in [0.1, 0.15) is 40.5 Å². The van der Waals surface area contributed by atoms with E-state index in [0.717, 1.165) is 10.7 Å². The number of benzene rings is 2. The Labute approximate surface area is 147 Å². The summed E-state index contributed by atoms with van der Waals surface area (Å²) in [5.74, 6) is -0.949. The molecular weight excluding hydrogens is 338 g/mol. The summed E-state index contributed by atoms with van der Waals surface area (Å²) in [4.78, 5) is 25.9. The lowest BCUT2D eigenvalue weighted by Crippen LogP contribution is -2.53. The van der Waals surface area contributed by atoms with Crippen molar-refractivity contribution in [3.05, 3.63) is 65.7 Å². The number of nitrogens with zero attached hydrogens (tertiary/aromatic N) is 1. The third-order valence-corrected chi connectivity index (χ3v) is 6.24. The molecular formula is C19H19NO4S. The normalized spacial score (nSPS) is 19.4. The highest BCUT2D eigenvalue weighted by Crippen LogP contribution is 2.31. The average molecular weight is 357 g/mol. The van der Waals surface area contributed by atoms with Gasteiger partial charge in [-0.15, -0.1) is 0 Å². The van der Waals surface area contributed by atoms with Crippen LogP contribution in [0.25, 0.3) is 0 Å². The second-order valence-corrected chi connectivity index (χ2v) is 7.82. The number of hydrogen-bond donors (Lipinski definition) is 0. The molecule has 0 radical (unpaired) electrons. The molecule has 0 unspecified atom stereocenters. The van der Waals surface area contributed by atoms with Gasteiger partial charge in [-0.1, -0.05) is 55.8 Å². The fourth-order valence-corrected chi connectivity index (χ4v) is 4.80. The van der Waals surface area contributed by atoms with Crippen LogP contribution in [-0.2, 0) is 10.0 Å². The highest BCUT2D eigenvalue weighted by atomic mass is 32.2. The van der Waals surface area contributed by atoms with Crippen molar-refractivity contribution in [1.82, 2.24) is 4.31 Å². The number of unbranched alkanes of at least 4 members (excludes halogenated alkanes) is 1. The number of carbonyl (C=O) groups is 2. The molecule has 0 amide bonds. The Hall–Kier alpha value is -2.31. The van der Waals surface area contributed by atoms with Crippen molar-refractivity contribution in [3.63, 3.8) is 0 Å². The summed E-state index contributed by atoms with van der Waals surface area (Å²) in [6, 6.07) is 13.1. The zero-order valence-corrected chi connectivity index (χ0v) is 14.7. The Morgan fingerprint density at radius 2 is 1.68 bits per heavy atom. The summed E-state index contributed by atoms with van der Waals surface area (Å²) in [5, 5.41) is 0. The van der Waals surface area contributed by atoms with Crippen molar-refractivity contribution in [1.29, 1.82) is 0 Å². The van der Waals surface area contributed by atoms with E-state index in [1.54, 1.807) is 42.5 Å². The minimum atomic E-state index is -3.90. The van der Waals surface area contributed by atoms with E-state index in [0.29, 0.717) is 12.0 Å². The van der Waals surface area contributed by atoms with Crippen LogP contribution < -0.4 is 0 Å². The van der Waals surface area contributed by atoms with E-state index in [2.05, 4.69) is 0 Å². The summed E-state index contributed by atoms with van der Waals surface area (Å²) in [5.41, 5.74) is 0.418. The number of fused-ring (bicyclic) bond motifs is 1. The molecule has 1 aliphatic heterocycles. The van der Waals surface area contributed by atoms with Gasteiger partial charge in [-0.3, -0.25) is 9.59 Å². The smallest absolute Gasteiger partial charge is 0.244 e. The molecule has 0 fully saturated rings. The first-order valence-corrected chi connectivity index (χ1v) is 9.67. The lowest BCUT2D eigenvalue weighted by molar-refractivity contribution is 0.0767. The van der Waals surface area contributed by atoms with Crippen LogP contribution in [-0.4, -0.2) is 36.9 Å². The Balaban J connectivity index is 2.14. The number of rotatable bonds is 5. The highest BCUT2D eigenvalue weighted by molar-refractivity contribution is 7.89. The zero-order chi connectivity index (χ0) is 18.0. The van der Waals surface area contributed by atoms with Crippen molar-refractivity contribution in [2.45, 2.75) is 30.7 Å². The maximum atomic E-state index is 13.0. The molecule has 0 bridgehead atoms. The van der Waals surface area contributed by atoms with E-state index in [9.17, 15) is 18.0 Å². The molecule has 6 heteroatoms. The molecule has 1 heterocycles. The van der Waals surface area contributed by atoms with Crippen molar-refractivity contribution in [2.75, 3.05) is 6.54 Å². The molecule has 5 nitrogen and oxygen atoms in total. The maximum Gasteiger partial charge on any atom is 0.244 e. The molecule has 0 aliphatic carbocycles. The summed E-state index contributed by atoms with van der Waals surface area (Å²) in [6.07, 6.45) is 1.33. The van der Waals surface area contributed by atoms with Crippen LogP contribution in [0, 0.1) is 0 Å². The Morgan fingerprint density at radius 3 is 2.36 bits per heavy atom. The van der Waals surface area contributed by atoms with Crippen LogP contribution in [0.2, 0.25) is 0 Å². The molecule has 0 spiro atoms. The quantitative estimate of drug-likeness (QED) is 0.609. The Morgan fingerprint density at radius 1 is 1.04 bits per heavy atom. The lowest BCUT2D eigenvalue weighted by atomic mass is 9.95. The molecule has 0 saturated carbocycles. The predicted molar refractivity (Wildman–Crippen MR) is 94.1 cm³/mol. The van der Waals surface area contributed by atoms with Crippen LogP contribution in [0.15, 0.2) is 59.5 Å². The van der Waals surface area contributed by atoms with Crippen molar-refractivity contribution >= 4 is 21.6 Å². The number of ketones is 2. The monoisotopic (exact) mass is 357 g/mol. The molecule has 0 N–H and O–H groups in total. The van der Waals surface area contributed by atoms with Gasteiger partial charge in [0.15, 0.2) is 17.6 Å². The van der Waals surface area contributed by atoms with E-state index < -0.39 is 27.6 Å². The first kappa shape index (κ1) is 17.5. The van der Waals surface area contributed by atoms with Gasteiger partial charge in [-0.05, 0) is 18.6 Å². The first-order valence-electron chi connectivity index (χ1n) is 8.23. The number of hydrogen-bond acceptors (Lipinski definition) is 4. The standard InChI is InChI=1S/C19H19NO4S/c1-2-3-13-20-17(18(21)14-9-5-4-6-10-14)19(22)15-11-7-8-12-16(15)25(20,23)24/h4-12,17H,2-3,13H2,1H3/t17-/m1/s1. The third-order valence-electron chi connectivity index (χ3n) is 4.31. The van der Waals surface area contributed by atoms with E-state index in [4.69, 9.17) is 0 Å². The topological polar surface area (TPSA) is 71.5 Å². The third kappa shape index (κ3) is 3.03. The second kappa shape index (κ2) is 6.90. The molecule has 2 aromatic carbocycles. The van der Waals surface area contributed by atoms with Gasteiger partial charge in [0.1, 0.15) is 0 Å². The minimum Gasteiger partial charge on any atom is -0.292 e. The van der Waals surface area contributed by atoms with E-state index >= 15 is 0 Å². The fourth-order valence-electron chi connectivity index (χ4n) is 3.01. The summed E-state index contributed by atoms with van der Waals surface area (Å²) in [6.45, 7) is 2.07. The fraction of sp³-hybridized carbons (Fsp3) is 0.263. The SMILES string of the molecule is CCCCN1[C@H](C(=O)c2ccccc2)C(=O)c2ccccc2S1(=O)=O. The van der Waals surface area contributed by atoms with Gasteiger partial charge in [0, 0.05) is 17.7 Å². The van der Waals surface area contributed by atoms with Gasteiger partial charge in [-0.2, -0.15) is 4.31 Å². The largest absolute Gasteiger partial charge is 0.292 e. The summed E-state index contributed by atoms with van der Waals surface area (Å²) < 4.78 is 27.1. The van der Waals surface area contributed by atoms with Gasteiger partial charge in [0.05, 0.1) is 4.90 Å². The molecule has 3 rings (SSSR count). The zero-order valence-electron chi connectivity index (χ0n) is 13.9. The predicted octanol–water partition coefficient (Wildman–Crippen LogP) is 2.93. The van der Waals surface area contributed by atoms with Gasteiger partial charge in [0.2, 0.25) is 10.0 Å². The van der Waals surface area contributed by atoms with Gasteiger partial charge in [-0.25, -0.2) is 8.42 Å². The van der Waals surface area contributed by atoms with Gasteiger partial charge in [0.25, 0.3) is 0 Å². The Kier molecular flexibility index (Phi) is 4.83. The van der Waals surface area contributed by atoms with Crippen LogP contribution in [0.4, 0.5) is 0 Å². The summed E-state index contributed by atoms with van der Waals surface area (Å²) >= 11 is 0. The second-order valence-electron chi connectivity index (χ2n) is 5.96. The number of Topliss-reactive ketones (excluding diaryl/α,β-unsaturated/α-hetero) is 2. The molecule has 0 aromatic heterocycles. The molecule has 25 heavy (non-hydrogen) atoms. The maximum absolute atomic E-state index is 13.0. The molecule has 2 aromatic rings. The Bertz CT molecular complexity index is 906. The van der Waals surface area contributed by atoms with E-state index in [-0.39, 0.29) is 17.0 Å². The van der Waals surface area contributed by atoms with E-state index in [1.165, 1.54) is 12.1 Å². The van der Waals surface area contributed by atoms with E-state index in [1.807, 2.05) is 6.92 Å². The minimum absolute atomic E-state index is 0.0202. The van der Waals surface area contributed by atoms with Crippen molar-refractivity contribution in [3.8, 4) is 0 Å². The molecule has 0 saturated heterocycles. The van der Waals surface area contributed by atoms with Crippen LogP contribution in [0.5, 0.6) is 0 Å². The molecule has 1 atom stereocenters. The number of carbonyl (C=O) groups excluding carboxylic acids is 2. The highest BCUT2D eigenvalue weighted by Gasteiger charge is 2.46. The molecule has 1 aliphatic rings. The van der Waals surface area contributed by atoms with Gasteiger partial charge < -0.3 is 0 Å². The summed E-state index contributed by atoms with van der Waals surface area (Å²) in [7, 11) is -3.90. The lowest BCUT2D eigenvalue weighted by Gasteiger charge is -2.33.